The van der Waals surface area contributed by atoms with Crippen molar-refractivity contribution in [3.05, 3.63) is 27.7 Å². The van der Waals surface area contributed by atoms with Gasteiger partial charge in [0.2, 0.25) is 0 Å². The zero-order chi connectivity index (χ0) is 10.0. The van der Waals surface area contributed by atoms with Gasteiger partial charge in [-0.15, -0.1) is 0 Å². The molecule has 0 amide bonds. The summed E-state index contributed by atoms with van der Waals surface area (Å²) in [5, 5.41) is 1.08. The SMILES string of the molecule is COc1cc(Cl)c(C(C)N)c(Cl)c1. The number of nitrogens with two attached hydrogens (primary N) is 1. The molecule has 0 saturated heterocycles. The van der Waals surface area contributed by atoms with E-state index in [0.29, 0.717) is 15.8 Å². The molecule has 1 aromatic carbocycles. The molecular weight excluding hydrogens is 209 g/mol. The summed E-state index contributed by atoms with van der Waals surface area (Å²) in [5.74, 6) is 0.638. The molecule has 0 saturated carbocycles. The lowest BCUT2D eigenvalue weighted by Gasteiger charge is -2.12. The van der Waals surface area contributed by atoms with E-state index in [9.17, 15) is 0 Å². The number of rotatable bonds is 2. The molecular formula is C9H11Cl2NO. The minimum atomic E-state index is -0.175. The molecule has 0 spiro atoms. The summed E-state index contributed by atoms with van der Waals surface area (Å²) < 4.78 is 5.00. The molecule has 2 nitrogen and oxygen atoms in total. The maximum atomic E-state index is 5.96. The van der Waals surface area contributed by atoms with Gasteiger partial charge in [0.15, 0.2) is 0 Å². The smallest absolute Gasteiger partial charge is 0.121 e. The Morgan fingerprint density at radius 1 is 1.31 bits per heavy atom. The molecule has 72 valence electrons. The van der Waals surface area contributed by atoms with Crippen LogP contribution in [0.4, 0.5) is 0 Å². The first kappa shape index (κ1) is 10.6. The molecule has 4 heteroatoms. The maximum absolute atomic E-state index is 5.96. The minimum Gasteiger partial charge on any atom is -0.497 e. The lowest BCUT2D eigenvalue weighted by atomic mass is 10.1. The molecule has 1 rings (SSSR count). The van der Waals surface area contributed by atoms with Gasteiger partial charge in [-0.2, -0.15) is 0 Å². The van der Waals surface area contributed by atoms with Gasteiger partial charge in [-0.05, 0) is 19.1 Å². The van der Waals surface area contributed by atoms with Crippen LogP contribution in [0, 0.1) is 0 Å². The highest BCUT2D eigenvalue weighted by Crippen LogP contribution is 2.33. The van der Waals surface area contributed by atoms with Crippen molar-refractivity contribution in [1.82, 2.24) is 0 Å². The topological polar surface area (TPSA) is 35.2 Å². The fraction of sp³-hybridized carbons (Fsp3) is 0.333. The molecule has 0 radical (unpaired) electrons. The van der Waals surface area contributed by atoms with Gasteiger partial charge in [0.1, 0.15) is 5.75 Å². The van der Waals surface area contributed by atoms with Crippen LogP contribution in [-0.4, -0.2) is 7.11 Å². The predicted octanol–water partition coefficient (Wildman–Crippen LogP) is 3.02. The average Bonchev–Trinajstić information content (AvgIpc) is 2.02. The molecule has 0 bridgehead atoms. The van der Waals surface area contributed by atoms with Crippen molar-refractivity contribution in [3.8, 4) is 5.75 Å². The van der Waals surface area contributed by atoms with E-state index >= 15 is 0 Å². The summed E-state index contributed by atoms with van der Waals surface area (Å²) in [6.45, 7) is 1.83. The molecule has 0 aliphatic rings. The third-order valence-electron chi connectivity index (χ3n) is 1.74. The summed E-state index contributed by atoms with van der Waals surface area (Å²) in [4.78, 5) is 0. The lowest BCUT2D eigenvalue weighted by Crippen LogP contribution is -2.06. The van der Waals surface area contributed by atoms with Crippen molar-refractivity contribution < 1.29 is 4.74 Å². The van der Waals surface area contributed by atoms with Crippen LogP contribution in [0.15, 0.2) is 12.1 Å². The Balaban J connectivity index is 3.23. The highest BCUT2D eigenvalue weighted by molar-refractivity contribution is 6.36. The molecule has 0 aliphatic heterocycles. The minimum absolute atomic E-state index is 0.175. The van der Waals surface area contributed by atoms with Crippen LogP contribution in [0.2, 0.25) is 10.0 Å². The summed E-state index contributed by atoms with van der Waals surface area (Å²) in [6, 6.07) is 3.23. The molecule has 0 heterocycles. The van der Waals surface area contributed by atoms with Gasteiger partial charge in [-0.25, -0.2) is 0 Å². The van der Waals surface area contributed by atoms with Crippen LogP contribution in [0.3, 0.4) is 0 Å². The van der Waals surface area contributed by atoms with E-state index in [0.717, 1.165) is 5.56 Å². The Morgan fingerprint density at radius 2 is 1.77 bits per heavy atom. The average molecular weight is 220 g/mol. The molecule has 0 fully saturated rings. The van der Waals surface area contributed by atoms with Gasteiger partial charge < -0.3 is 10.5 Å². The van der Waals surface area contributed by atoms with Gasteiger partial charge in [0.05, 0.1) is 17.2 Å². The van der Waals surface area contributed by atoms with E-state index in [1.807, 2.05) is 6.92 Å². The van der Waals surface area contributed by atoms with Crippen molar-refractivity contribution in [2.45, 2.75) is 13.0 Å². The zero-order valence-electron chi connectivity index (χ0n) is 7.47. The normalized spacial score (nSPS) is 12.7. The second-order valence-corrected chi connectivity index (χ2v) is 3.61. The summed E-state index contributed by atoms with van der Waals surface area (Å²) >= 11 is 11.9. The van der Waals surface area contributed by atoms with E-state index in [1.165, 1.54) is 0 Å². The first-order chi connectivity index (χ1) is 6.06. The van der Waals surface area contributed by atoms with Crippen LogP contribution in [0.5, 0.6) is 5.75 Å². The standard InChI is InChI=1S/C9H11Cl2NO/c1-5(12)9-7(10)3-6(13-2)4-8(9)11/h3-5H,12H2,1-2H3. The second-order valence-electron chi connectivity index (χ2n) is 2.79. The van der Waals surface area contributed by atoms with Crippen LogP contribution < -0.4 is 10.5 Å². The number of benzene rings is 1. The van der Waals surface area contributed by atoms with Crippen molar-refractivity contribution in [2.75, 3.05) is 7.11 Å². The van der Waals surface area contributed by atoms with Crippen LogP contribution in [-0.2, 0) is 0 Å². The predicted molar refractivity (Wildman–Crippen MR) is 55.6 cm³/mol. The van der Waals surface area contributed by atoms with Gasteiger partial charge >= 0.3 is 0 Å². The third-order valence-corrected chi connectivity index (χ3v) is 2.37. The number of methoxy groups -OCH3 is 1. The highest BCUT2D eigenvalue weighted by Gasteiger charge is 2.11. The number of hydrogen-bond donors (Lipinski definition) is 1. The Hall–Kier alpha value is -0.440. The van der Waals surface area contributed by atoms with Crippen molar-refractivity contribution >= 4 is 23.2 Å². The maximum Gasteiger partial charge on any atom is 0.121 e. The highest BCUT2D eigenvalue weighted by atomic mass is 35.5. The molecule has 0 aromatic heterocycles. The van der Waals surface area contributed by atoms with E-state index in [1.54, 1.807) is 19.2 Å². The largest absolute Gasteiger partial charge is 0.497 e. The van der Waals surface area contributed by atoms with Crippen molar-refractivity contribution in [3.63, 3.8) is 0 Å². The number of ether oxygens (including phenoxy) is 1. The van der Waals surface area contributed by atoms with Crippen LogP contribution >= 0.6 is 23.2 Å². The summed E-state index contributed by atoms with van der Waals surface area (Å²) in [6.07, 6.45) is 0. The Labute approximate surface area is 87.6 Å². The van der Waals surface area contributed by atoms with Gasteiger partial charge in [-0.1, -0.05) is 23.2 Å². The molecule has 2 N–H and O–H groups in total. The van der Waals surface area contributed by atoms with E-state index < -0.39 is 0 Å². The summed E-state index contributed by atoms with van der Waals surface area (Å²) in [7, 11) is 1.56. The van der Waals surface area contributed by atoms with E-state index in [4.69, 9.17) is 33.7 Å². The molecule has 1 unspecified atom stereocenters. The number of hydrogen-bond acceptors (Lipinski definition) is 2. The Bertz CT molecular complexity index is 289. The quantitative estimate of drug-likeness (QED) is 0.831. The Morgan fingerprint density at radius 3 is 2.08 bits per heavy atom. The van der Waals surface area contributed by atoms with Crippen LogP contribution in [0.25, 0.3) is 0 Å². The van der Waals surface area contributed by atoms with Gasteiger partial charge in [0, 0.05) is 11.6 Å². The van der Waals surface area contributed by atoms with E-state index in [-0.39, 0.29) is 6.04 Å². The monoisotopic (exact) mass is 219 g/mol. The first-order valence-corrected chi connectivity index (χ1v) is 4.60. The lowest BCUT2D eigenvalue weighted by molar-refractivity contribution is 0.414. The first-order valence-electron chi connectivity index (χ1n) is 3.84. The third kappa shape index (κ3) is 2.27. The molecule has 1 aromatic rings. The fourth-order valence-electron chi connectivity index (χ4n) is 1.11. The Kier molecular flexibility index (Phi) is 3.42. The fourth-order valence-corrected chi connectivity index (χ4v) is 1.93. The zero-order valence-corrected chi connectivity index (χ0v) is 8.99. The van der Waals surface area contributed by atoms with Crippen LogP contribution in [0.1, 0.15) is 18.5 Å². The second kappa shape index (κ2) is 4.18. The number of halogens is 2. The molecule has 1 atom stereocenters. The molecule has 13 heavy (non-hydrogen) atoms. The van der Waals surface area contributed by atoms with Gasteiger partial charge in [0.25, 0.3) is 0 Å². The van der Waals surface area contributed by atoms with Crippen molar-refractivity contribution in [2.24, 2.45) is 5.73 Å². The van der Waals surface area contributed by atoms with Crippen molar-refractivity contribution in [1.29, 1.82) is 0 Å². The van der Waals surface area contributed by atoms with Gasteiger partial charge in [-0.3, -0.25) is 0 Å². The molecule has 0 aliphatic carbocycles. The van der Waals surface area contributed by atoms with E-state index in [2.05, 4.69) is 0 Å². The summed E-state index contributed by atoms with van der Waals surface area (Å²) in [5.41, 5.74) is 6.45.